The van der Waals surface area contributed by atoms with Crippen molar-refractivity contribution < 1.29 is 0 Å². The number of anilines is 1. The topological polar surface area (TPSA) is 66.0 Å². The largest absolute Gasteiger partial charge is 0.384 e. The zero-order valence-corrected chi connectivity index (χ0v) is 12.5. The highest BCUT2D eigenvalue weighted by Crippen LogP contribution is 2.29. The van der Waals surface area contributed by atoms with Gasteiger partial charge in [-0.2, -0.15) is 0 Å². The van der Waals surface area contributed by atoms with E-state index in [9.17, 15) is 0 Å². The Labute approximate surface area is 125 Å². The number of nitrogens with one attached hydrogen (secondary N) is 1. The fourth-order valence-electron chi connectivity index (χ4n) is 2.92. The van der Waals surface area contributed by atoms with Crippen molar-refractivity contribution in [2.24, 2.45) is 11.7 Å². The van der Waals surface area contributed by atoms with E-state index in [1.165, 1.54) is 19.3 Å². The molecule has 4 heteroatoms. The molecule has 0 spiro atoms. The molecule has 1 aromatic carbocycles. The third kappa shape index (κ3) is 2.71. The number of fused-ring (bicyclic) bond motifs is 1. The summed E-state index contributed by atoms with van der Waals surface area (Å²) < 4.78 is 0. The predicted octanol–water partition coefficient (Wildman–Crippen LogP) is 3.15. The molecule has 0 radical (unpaired) electrons. The monoisotopic (exact) mass is 282 g/mol. The summed E-state index contributed by atoms with van der Waals surface area (Å²) in [5.74, 6) is 1.84. The molecule has 1 fully saturated rings. The number of amidine groups is 1. The van der Waals surface area contributed by atoms with E-state index in [4.69, 9.17) is 16.1 Å². The smallest absolute Gasteiger partial charge is 0.129 e. The summed E-state index contributed by atoms with van der Waals surface area (Å²) in [5, 5.41) is 8.78. The molecule has 0 unspecified atom stereocenters. The first-order valence-corrected chi connectivity index (χ1v) is 7.68. The molecule has 1 aromatic heterocycles. The van der Waals surface area contributed by atoms with Crippen molar-refractivity contribution in [3.63, 3.8) is 0 Å². The van der Waals surface area contributed by atoms with Crippen molar-refractivity contribution in [3.8, 4) is 0 Å². The van der Waals surface area contributed by atoms with Crippen LogP contribution in [-0.4, -0.2) is 23.9 Å². The molecule has 21 heavy (non-hydrogen) atoms. The highest BCUT2D eigenvalue weighted by Gasteiger charge is 2.21. The summed E-state index contributed by atoms with van der Waals surface area (Å²) in [7, 11) is 0. The van der Waals surface area contributed by atoms with Crippen molar-refractivity contribution in [3.05, 3.63) is 35.9 Å². The summed E-state index contributed by atoms with van der Waals surface area (Å²) in [6, 6.07) is 9.87. The van der Waals surface area contributed by atoms with E-state index in [2.05, 4.69) is 11.8 Å². The SMILES string of the molecule is CCN(CC1CCC1)c1cc(C(=N)N)c2ccccc2n1. The Morgan fingerprint density at radius 2 is 2.14 bits per heavy atom. The lowest BCUT2D eigenvalue weighted by Gasteiger charge is -2.32. The van der Waals surface area contributed by atoms with Crippen molar-refractivity contribution in [1.29, 1.82) is 5.41 Å². The van der Waals surface area contributed by atoms with Gasteiger partial charge in [-0.05, 0) is 37.8 Å². The molecular weight excluding hydrogens is 260 g/mol. The molecule has 0 bridgehead atoms. The van der Waals surface area contributed by atoms with Gasteiger partial charge in [-0.3, -0.25) is 5.41 Å². The first-order valence-electron chi connectivity index (χ1n) is 7.68. The molecule has 1 aliphatic rings. The maximum Gasteiger partial charge on any atom is 0.129 e. The number of benzene rings is 1. The third-order valence-electron chi connectivity index (χ3n) is 4.40. The standard InChI is InChI=1S/C17H22N4/c1-2-21(11-12-6-5-7-12)16-10-14(17(18)19)13-8-3-4-9-15(13)20-16/h3-4,8-10,12H,2,5-7,11H2,1H3,(H3,18,19). The second kappa shape index (κ2) is 5.72. The van der Waals surface area contributed by atoms with Gasteiger partial charge in [0, 0.05) is 24.0 Å². The minimum absolute atomic E-state index is 0.106. The Morgan fingerprint density at radius 3 is 2.76 bits per heavy atom. The van der Waals surface area contributed by atoms with Crippen LogP contribution >= 0.6 is 0 Å². The van der Waals surface area contributed by atoms with Crippen LogP contribution in [-0.2, 0) is 0 Å². The maximum atomic E-state index is 7.83. The number of hydrogen-bond donors (Lipinski definition) is 2. The molecule has 1 heterocycles. The average Bonchev–Trinajstić information content (AvgIpc) is 2.45. The van der Waals surface area contributed by atoms with Crippen LogP contribution in [0.1, 0.15) is 31.7 Å². The second-order valence-corrected chi connectivity index (χ2v) is 5.79. The van der Waals surface area contributed by atoms with Gasteiger partial charge in [0.2, 0.25) is 0 Å². The van der Waals surface area contributed by atoms with E-state index in [-0.39, 0.29) is 5.84 Å². The van der Waals surface area contributed by atoms with Gasteiger partial charge < -0.3 is 10.6 Å². The number of nitrogen functional groups attached to an aromatic ring is 1. The summed E-state index contributed by atoms with van der Waals surface area (Å²) in [6.45, 7) is 4.14. The fraction of sp³-hybridized carbons (Fsp3) is 0.412. The molecular formula is C17H22N4. The fourth-order valence-corrected chi connectivity index (χ4v) is 2.92. The molecule has 0 amide bonds. The minimum Gasteiger partial charge on any atom is -0.384 e. The zero-order chi connectivity index (χ0) is 14.8. The molecule has 3 N–H and O–H groups in total. The second-order valence-electron chi connectivity index (χ2n) is 5.79. The molecule has 0 aliphatic heterocycles. The first-order chi connectivity index (χ1) is 10.2. The Morgan fingerprint density at radius 1 is 1.38 bits per heavy atom. The Bertz CT molecular complexity index is 661. The lowest BCUT2D eigenvalue weighted by molar-refractivity contribution is 0.318. The van der Waals surface area contributed by atoms with E-state index in [0.29, 0.717) is 0 Å². The van der Waals surface area contributed by atoms with Gasteiger partial charge in [0.25, 0.3) is 0 Å². The maximum absolute atomic E-state index is 7.83. The summed E-state index contributed by atoms with van der Waals surface area (Å²) in [6.07, 6.45) is 4.00. The number of pyridine rings is 1. The number of nitrogens with zero attached hydrogens (tertiary/aromatic N) is 2. The summed E-state index contributed by atoms with van der Waals surface area (Å²) >= 11 is 0. The molecule has 4 nitrogen and oxygen atoms in total. The number of rotatable bonds is 5. The molecule has 0 saturated heterocycles. The Kier molecular flexibility index (Phi) is 3.78. The van der Waals surface area contributed by atoms with E-state index < -0.39 is 0 Å². The number of aromatic nitrogens is 1. The Hall–Kier alpha value is -2.10. The van der Waals surface area contributed by atoms with E-state index in [1.54, 1.807) is 0 Å². The number of hydrogen-bond acceptors (Lipinski definition) is 3. The van der Waals surface area contributed by atoms with Crippen LogP contribution in [0.5, 0.6) is 0 Å². The molecule has 1 saturated carbocycles. The molecule has 110 valence electrons. The third-order valence-corrected chi connectivity index (χ3v) is 4.40. The van der Waals surface area contributed by atoms with Gasteiger partial charge in [-0.25, -0.2) is 4.98 Å². The van der Waals surface area contributed by atoms with Gasteiger partial charge in [0.15, 0.2) is 0 Å². The van der Waals surface area contributed by atoms with Crippen LogP contribution in [0.25, 0.3) is 10.9 Å². The highest BCUT2D eigenvalue weighted by molar-refractivity contribution is 6.07. The van der Waals surface area contributed by atoms with Crippen LogP contribution in [0.2, 0.25) is 0 Å². The van der Waals surface area contributed by atoms with E-state index >= 15 is 0 Å². The van der Waals surface area contributed by atoms with E-state index in [1.807, 2.05) is 30.3 Å². The molecule has 3 rings (SSSR count). The van der Waals surface area contributed by atoms with Crippen molar-refractivity contribution in [2.75, 3.05) is 18.0 Å². The molecule has 1 aliphatic carbocycles. The van der Waals surface area contributed by atoms with Crippen LogP contribution < -0.4 is 10.6 Å². The zero-order valence-electron chi connectivity index (χ0n) is 12.5. The number of para-hydroxylation sites is 1. The van der Waals surface area contributed by atoms with Crippen LogP contribution in [0, 0.1) is 11.3 Å². The quantitative estimate of drug-likeness (QED) is 0.654. The van der Waals surface area contributed by atoms with Gasteiger partial charge in [0.05, 0.1) is 5.52 Å². The normalized spacial score (nSPS) is 14.9. The lowest BCUT2D eigenvalue weighted by atomic mass is 9.85. The van der Waals surface area contributed by atoms with Crippen molar-refractivity contribution in [2.45, 2.75) is 26.2 Å². The van der Waals surface area contributed by atoms with Gasteiger partial charge in [-0.15, -0.1) is 0 Å². The van der Waals surface area contributed by atoms with Crippen LogP contribution in [0.3, 0.4) is 0 Å². The van der Waals surface area contributed by atoms with E-state index in [0.717, 1.165) is 41.3 Å². The number of nitrogens with two attached hydrogens (primary N) is 1. The molecule has 0 atom stereocenters. The predicted molar refractivity (Wildman–Crippen MR) is 88.0 cm³/mol. The average molecular weight is 282 g/mol. The van der Waals surface area contributed by atoms with Crippen molar-refractivity contribution >= 4 is 22.6 Å². The van der Waals surface area contributed by atoms with Crippen LogP contribution in [0.4, 0.5) is 5.82 Å². The minimum atomic E-state index is 0.106. The summed E-state index contributed by atoms with van der Waals surface area (Å²) in [4.78, 5) is 7.08. The van der Waals surface area contributed by atoms with Crippen molar-refractivity contribution in [1.82, 2.24) is 4.98 Å². The molecule has 2 aromatic rings. The van der Waals surface area contributed by atoms with Gasteiger partial charge in [0.1, 0.15) is 11.7 Å². The summed E-state index contributed by atoms with van der Waals surface area (Å²) in [5.41, 5.74) is 7.46. The lowest BCUT2D eigenvalue weighted by Crippen LogP contribution is -2.33. The van der Waals surface area contributed by atoms with Gasteiger partial charge in [-0.1, -0.05) is 24.6 Å². The first kappa shape index (κ1) is 13.9. The van der Waals surface area contributed by atoms with Gasteiger partial charge >= 0.3 is 0 Å². The Balaban J connectivity index is 2.02. The van der Waals surface area contributed by atoms with Crippen LogP contribution in [0.15, 0.2) is 30.3 Å². The highest BCUT2D eigenvalue weighted by atomic mass is 15.2.